The van der Waals surface area contributed by atoms with Crippen molar-refractivity contribution in [3.8, 4) is 11.8 Å². The first-order valence-electron chi connectivity index (χ1n) is 7.71. The standard InChI is InChI=1S/C19H17ClN2O4/c1-19(2,3)26-18(23)21-16-11-9-13(12-17(16)22(24)25)8-10-14-6-4-5-7-15(14)20/h4-7,9,11-12H,1-3H3,(H,21,23). The van der Waals surface area contributed by atoms with Crippen LogP contribution in [0.5, 0.6) is 0 Å². The van der Waals surface area contributed by atoms with Gasteiger partial charge in [-0.2, -0.15) is 0 Å². The SMILES string of the molecule is CC(C)(C)OC(=O)Nc1ccc(C#Cc2ccccc2Cl)cc1[N+](=O)[O-]. The number of carbonyl (C=O) groups excluding carboxylic acids is 1. The van der Waals surface area contributed by atoms with Crippen LogP contribution in [0, 0.1) is 22.0 Å². The zero-order valence-corrected chi connectivity index (χ0v) is 15.3. The van der Waals surface area contributed by atoms with E-state index in [2.05, 4.69) is 17.2 Å². The summed E-state index contributed by atoms with van der Waals surface area (Å²) in [6.07, 6.45) is -0.768. The highest BCUT2D eigenvalue weighted by Crippen LogP contribution is 2.26. The predicted molar refractivity (Wildman–Crippen MR) is 100 cm³/mol. The van der Waals surface area contributed by atoms with E-state index in [0.717, 1.165) is 0 Å². The molecule has 0 heterocycles. The van der Waals surface area contributed by atoms with Gasteiger partial charge in [0.15, 0.2) is 0 Å². The molecule has 0 radical (unpaired) electrons. The van der Waals surface area contributed by atoms with Gasteiger partial charge >= 0.3 is 6.09 Å². The lowest BCUT2D eigenvalue weighted by molar-refractivity contribution is -0.383. The van der Waals surface area contributed by atoms with Gasteiger partial charge in [-0.05, 0) is 45.0 Å². The Bertz CT molecular complexity index is 908. The first kappa shape index (κ1) is 19.3. The van der Waals surface area contributed by atoms with Crippen LogP contribution in [-0.2, 0) is 4.74 Å². The van der Waals surface area contributed by atoms with Crippen molar-refractivity contribution in [3.05, 3.63) is 68.7 Å². The lowest BCUT2D eigenvalue weighted by atomic mass is 10.1. The number of nitrogens with zero attached hydrogens (tertiary/aromatic N) is 1. The fourth-order valence-electron chi connectivity index (χ4n) is 1.98. The quantitative estimate of drug-likeness (QED) is 0.457. The number of carbonyl (C=O) groups is 1. The molecule has 2 aromatic carbocycles. The Kier molecular flexibility index (Phi) is 5.86. The zero-order valence-electron chi connectivity index (χ0n) is 14.5. The molecule has 0 saturated carbocycles. The zero-order chi connectivity index (χ0) is 19.3. The average Bonchev–Trinajstić information content (AvgIpc) is 2.53. The second-order valence-electron chi connectivity index (χ2n) is 6.35. The molecular formula is C19H17ClN2O4. The van der Waals surface area contributed by atoms with Crippen LogP contribution >= 0.6 is 11.6 Å². The summed E-state index contributed by atoms with van der Waals surface area (Å²) in [5.41, 5.74) is 0.0904. The van der Waals surface area contributed by atoms with Crippen molar-refractivity contribution in [2.75, 3.05) is 5.32 Å². The highest BCUT2D eigenvalue weighted by molar-refractivity contribution is 6.31. The summed E-state index contributed by atoms with van der Waals surface area (Å²) in [5, 5.41) is 14.2. The Morgan fingerprint density at radius 2 is 1.88 bits per heavy atom. The summed E-state index contributed by atoms with van der Waals surface area (Å²) in [4.78, 5) is 22.6. The fourth-order valence-corrected chi connectivity index (χ4v) is 2.16. The van der Waals surface area contributed by atoms with Crippen molar-refractivity contribution in [1.29, 1.82) is 0 Å². The van der Waals surface area contributed by atoms with E-state index >= 15 is 0 Å². The molecule has 1 N–H and O–H groups in total. The number of benzene rings is 2. The Hall–Kier alpha value is -3.04. The third-order valence-corrected chi connectivity index (χ3v) is 3.37. The van der Waals surface area contributed by atoms with Gasteiger partial charge in [0.25, 0.3) is 5.69 Å². The summed E-state index contributed by atoms with van der Waals surface area (Å²) < 4.78 is 5.11. The molecule has 0 spiro atoms. The second kappa shape index (κ2) is 7.89. The maximum Gasteiger partial charge on any atom is 0.412 e. The average molecular weight is 373 g/mol. The summed E-state index contributed by atoms with van der Waals surface area (Å²) >= 11 is 6.04. The molecule has 2 rings (SSSR count). The van der Waals surface area contributed by atoms with E-state index < -0.39 is 16.6 Å². The molecule has 134 valence electrons. The molecule has 0 aromatic heterocycles. The molecule has 0 aliphatic heterocycles. The van der Waals surface area contributed by atoms with Crippen molar-refractivity contribution in [2.24, 2.45) is 0 Å². The Labute approximate surface area is 156 Å². The van der Waals surface area contributed by atoms with Gasteiger partial charge in [-0.1, -0.05) is 35.6 Å². The molecular weight excluding hydrogens is 356 g/mol. The normalized spacial score (nSPS) is 10.5. The summed E-state index contributed by atoms with van der Waals surface area (Å²) in [7, 11) is 0. The van der Waals surface area contributed by atoms with Crippen LogP contribution in [-0.4, -0.2) is 16.6 Å². The van der Waals surface area contributed by atoms with Crippen molar-refractivity contribution in [2.45, 2.75) is 26.4 Å². The highest BCUT2D eigenvalue weighted by atomic mass is 35.5. The van der Waals surface area contributed by atoms with Gasteiger partial charge in [0.2, 0.25) is 0 Å². The minimum Gasteiger partial charge on any atom is -0.444 e. The van der Waals surface area contributed by atoms with Crippen LogP contribution in [0.4, 0.5) is 16.2 Å². The van der Waals surface area contributed by atoms with Crippen molar-refractivity contribution < 1.29 is 14.5 Å². The Morgan fingerprint density at radius 1 is 1.19 bits per heavy atom. The molecule has 0 aliphatic rings. The number of nitro groups is 1. The third kappa shape index (κ3) is 5.50. The molecule has 26 heavy (non-hydrogen) atoms. The molecule has 1 amide bonds. The van der Waals surface area contributed by atoms with Crippen LogP contribution in [0.25, 0.3) is 0 Å². The topological polar surface area (TPSA) is 81.5 Å². The van der Waals surface area contributed by atoms with Crippen molar-refractivity contribution in [1.82, 2.24) is 0 Å². The van der Waals surface area contributed by atoms with Crippen molar-refractivity contribution >= 4 is 29.1 Å². The lowest BCUT2D eigenvalue weighted by Gasteiger charge is -2.19. The van der Waals surface area contributed by atoms with Gasteiger partial charge in [-0.25, -0.2) is 4.79 Å². The molecule has 0 fully saturated rings. The molecule has 0 bridgehead atoms. The van der Waals surface area contributed by atoms with Crippen LogP contribution in [0.1, 0.15) is 31.9 Å². The second-order valence-corrected chi connectivity index (χ2v) is 6.75. The van der Waals surface area contributed by atoms with E-state index in [1.54, 1.807) is 51.1 Å². The first-order chi connectivity index (χ1) is 12.2. The minimum absolute atomic E-state index is 0.0348. The molecule has 7 heteroatoms. The fraction of sp³-hybridized carbons (Fsp3) is 0.211. The van der Waals surface area contributed by atoms with E-state index in [4.69, 9.17) is 16.3 Å². The summed E-state index contributed by atoms with van der Waals surface area (Å²) in [6.45, 7) is 5.11. The van der Waals surface area contributed by atoms with E-state index in [9.17, 15) is 14.9 Å². The third-order valence-electron chi connectivity index (χ3n) is 3.05. The maximum absolute atomic E-state index is 11.8. The molecule has 2 aromatic rings. The van der Waals surface area contributed by atoms with Gasteiger partial charge < -0.3 is 4.74 Å². The van der Waals surface area contributed by atoms with Crippen LogP contribution < -0.4 is 5.32 Å². The first-order valence-corrected chi connectivity index (χ1v) is 8.08. The van der Waals surface area contributed by atoms with Gasteiger partial charge in [-0.15, -0.1) is 0 Å². The predicted octanol–water partition coefficient (Wildman–Crippen LogP) is 5.00. The molecule has 6 nitrogen and oxygen atoms in total. The Morgan fingerprint density at radius 3 is 2.50 bits per heavy atom. The maximum atomic E-state index is 11.8. The number of hydrogen-bond donors (Lipinski definition) is 1. The molecule has 0 atom stereocenters. The van der Waals surface area contributed by atoms with Crippen molar-refractivity contribution in [3.63, 3.8) is 0 Å². The number of amides is 1. The van der Waals surface area contributed by atoms with Gasteiger partial charge in [0.1, 0.15) is 11.3 Å². The largest absolute Gasteiger partial charge is 0.444 e. The number of nitrogens with one attached hydrogen (secondary N) is 1. The summed E-state index contributed by atoms with van der Waals surface area (Å²) in [6, 6.07) is 11.3. The van der Waals surface area contributed by atoms with E-state index in [0.29, 0.717) is 16.1 Å². The Balaban J connectivity index is 2.28. The molecule has 0 aliphatic carbocycles. The van der Waals surface area contributed by atoms with E-state index in [1.165, 1.54) is 12.1 Å². The number of halogens is 1. The van der Waals surface area contributed by atoms with E-state index in [-0.39, 0.29) is 11.4 Å². The number of rotatable bonds is 2. The van der Waals surface area contributed by atoms with Gasteiger partial charge in [0, 0.05) is 17.2 Å². The van der Waals surface area contributed by atoms with Gasteiger partial charge in [-0.3, -0.25) is 15.4 Å². The molecule has 0 saturated heterocycles. The van der Waals surface area contributed by atoms with Gasteiger partial charge in [0.05, 0.1) is 9.95 Å². The number of hydrogen-bond acceptors (Lipinski definition) is 4. The lowest BCUT2D eigenvalue weighted by Crippen LogP contribution is -2.27. The van der Waals surface area contributed by atoms with E-state index in [1.807, 2.05) is 0 Å². The minimum atomic E-state index is -0.768. The molecule has 0 unspecified atom stereocenters. The highest BCUT2D eigenvalue weighted by Gasteiger charge is 2.20. The number of nitro benzene ring substituents is 1. The summed E-state index contributed by atoms with van der Waals surface area (Å²) in [5.74, 6) is 5.70. The van der Waals surface area contributed by atoms with Crippen LogP contribution in [0.15, 0.2) is 42.5 Å². The smallest absolute Gasteiger partial charge is 0.412 e. The number of anilines is 1. The monoisotopic (exact) mass is 372 g/mol. The van der Waals surface area contributed by atoms with Crippen LogP contribution in [0.3, 0.4) is 0 Å². The van der Waals surface area contributed by atoms with Crippen LogP contribution in [0.2, 0.25) is 5.02 Å². The number of ether oxygens (including phenoxy) is 1.